The molecule has 1 aromatic rings. The summed E-state index contributed by atoms with van der Waals surface area (Å²) in [6, 6.07) is 0. The summed E-state index contributed by atoms with van der Waals surface area (Å²) in [4.78, 5) is 29.9. The zero-order valence-electron chi connectivity index (χ0n) is 20.4. The van der Waals surface area contributed by atoms with Crippen molar-refractivity contribution >= 4 is 29.2 Å². The Bertz CT molecular complexity index is 841. The van der Waals surface area contributed by atoms with E-state index in [1.807, 2.05) is 39.2 Å². The molecule has 1 aromatic heterocycles. The van der Waals surface area contributed by atoms with Gasteiger partial charge in [0.05, 0.1) is 16.8 Å². The average molecular weight is 462 g/mol. The van der Waals surface area contributed by atoms with Gasteiger partial charge >= 0.3 is 5.97 Å². The van der Waals surface area contributed by atoms with Gasteiger partial charge in [-0.2, -0.15) is 0 Å². The van der Waals surface area contributed by atoms with E-state index in [-0.39, 0.29) is 36.1 Å². The van der Waals surface area contributed by atoms with Crippen LogP contribution in [0.2, 0.25) is 0 Å². The number of esters is 1. The minimum atomic E-state index is -0.652. The van der Waals surface area contributed by atoms with E-state index in [0.717, 1.165) is 35.5 Å². The van der Waals surface area contributed by atoms with Gasteiger partial charge in [0, 0.05) is 30.1 Å². The van der Waals surface area contributed by atoms with Crippen molar-refractivity contribution in [2.45, 2.75) is 92.3 Å². The Morgan fingerprint density at radius 1 is 1.19 bits per heavy atom. The molecule has 0 saturated carbocycles. The van der Waals surface area contributed by atoms with E-state index in [9.17, 15) is 14.7 Å². The van der Waals surface area contributed by atoms with Crippen molar-refractivity contribution in [3.8, 4) is 0 Å². The van der Waals surface area contributed by atoms with Crippen LogP contribution in [0.3, 0.4) is 0 Å². The quantitative estimate of drug-likeness (QED) is 0.438. The monoisotopic (exact) mass is 461 g/mol. The van der Waals surface area contributed by atoms with Gasteiger partial charge in [-0.15, -0.1) is 11.3 Å². The van der Waals surface area contributed by atoms with E-state index in [4.69, 9.17) is 4.74 Å². The molecule has 32 heavy (non-hydrogen) atoms. The molecule has 5 atom stereocenters. The molecular formula is C26H39NO4S. The minimum Gasteiger partial charge on any atom is -0.457 e. The number of cyclic esters (lactones) is 1. The van der Waals surface area contributed by atoms with Crippen LogP contribution in [0.5, 0.6) is 0 Å². The van der Waals surface area contributed by atoms with E-state index in [1.54, 1.807) is 18.3 Å². The second kappa shape index (κ2) is 12.4. The number of thiazole rings is 1. The molecule has 0 spiro atoms. The maximum atomic E-state index is 12.8. The van der Waals surface area contributed by atoms with Gasteiger partial charge in [-0.05, 0) is 64.0 Å². The molecule has 0 radical (unpaired) electrons. The number of aliphatic hydroxyl groups is 1. The third kappa shape index (κ3) is 7.96. The molecule has 0 bridgehead atoms. The average Bonchev–Trinajstić information content (AvgIpc) is 3.16. The normalized spacial score (nSPS) is 31.7. The van der Waals surface area contributed by atoms with Crippen molar-refractivity contribution in [1.82, 2.24) is 4.98 Å². The van der Waals surface area contributed by atoms with Gasteiger partial charge in [0.1, 0.15) is 11.9 Å². The summed E-state index contributed by atoms with van der Waals surface area (Å²) >= 11 is 1.60. The highest BCUT2D eigenvalue weighted by atomic mass is 32.1. The summed E-state index contributed by atoms with van der Waals surface area (Å²) in [6.07, 6.45) is 7.12. The first-order valence-electron chi connectivity index (χ1n) is 11.8. The first-order valence-corrected chi connectivity index (χ1v) is 12.6. The molecule has 5 nitrogen and oxygen atoms in total. The van der Waals surface area contributed by atoms with Crippen LogP contribution < -0.4 is 0 Å². The predicted octanol–water partition coefficient (Wildman–Crippen LogP) is 5.91. The van der Waals surface area contributed by atoms with Crippen LogP contribution in [0.15, 0.2) is 22.6 Å². The lowest BCUT2D eigenvalue weighted by molar-refractivity contribution is -0.147. The van der Waals surface area contributed by atoms with Crippen LogP contribution in [0, 0.1) is 24.7 Å². The first-order chi connectivity index (χ1) is 15.1. The zero-order valence-corrected chi connectivity index (χ0v) is 21.2. The Morgan fingerprint density at radius 2 is 1.91 bits per heavy atom. The number of aliphatic hydroxyl groups excluding tert-OH is 1. The highest BCUT2D eigenvalue weighted by Gasteiger charge is 2.30. The number of ketones is 1. The molecule has 1 aliphatic rings. The topological polar surface area (TPSA) is 76.5 Å². The number of carbonyl (C=O) groups excluding carboxylic acids is 2. The van der Waals surface area contributed by atoms with Crippen molar-refractivity contribution in [2.75, 3.05) is 0 Å². The Morgan fingerprint density at radius 3 is 2.56 bits per heavy atom. The third-order valence-corrected chi connectivity index (χ3v) is 7.31. The summed E-state index contributed by atoms with van der Waals surface area (Å²) in [7, 11) is 0. The van der Waals surface area contributed by atoms with Crippen LogP contribution in [0.1, 0.15) is 83.8 Å². The van der Waals surface area contributed by atoms with Crippen LogP contribution >= 0.6 is 11.3 Å². The largest absolute Gasteiger partial charge is 0.457 e. The molecular weight excluding hydrogens is 422 g/mol. The fraction of sp³-hybridized carbons (Fsp3) is 0.654. The number of Topliss-reactive ketones (excluding diaryl/α,β-unsaturated/α-hetero) is 1. The Balaban J connectivity index is 2.21. The Hall–Kier alpha value is -1.79. The molecule has 0 fully saturated rings. The maximum absolute atomic E-state index is 12.8. The van der Waals surface area contributed by atoms with Gasteiger partial charge in [-0.1, -0.05) is 32.4 Å². The molecule has 0 saturated heterocycles. The van der Waals surface area contributed by atoms with Crippen LogP contribution in [0.4, 0.5) is 0 Å². The number of hydrogen-bond donors (Lipinski definition) is 1. The van der Waals surface area contributed by atoms with Crippen molar-refractivity contribution < 1.29 is 19.4 Å². The van der Waals surface area contributed by atoms with Crippen LogP contribution in [-0.2, 0) is 14.3 Å². The predicted molar refractivity (Wildman–Crippen MR) is 130 cm³/mol. The smallest absolute Gasteiger partial charge is 0.306 e. The second-order valence-electron chi connectivity index (χ2n) is 9.44. The molecule has 0 aliphatic carbocycles. The summed E-state index contributed by atoms with van der Waals surface area (Å²) in [5, 5.41) is 13.6. The summed E-state index contributed by atoms with van der Waals surface area (Å²) < 4.78 is 5.85. The molecule has 2 heterocycles. The van der Waals surface area contributed by atoms with Gasteiger partial charge < -0.3 is 9.84 Å². The van der Waals surface area contributed by atoms with E-state index < -0.39 is 12.0 Å². The number of rotatable bonds is 2. The number of allylic oxidation sites excluding steroid dienone is 1. The lowest BCUT2D eigenvalue weighted by Gasteiger charge is -2.26. The number of nitrogens with zero attached hydrogens (tertiary/aromatic N) is 1. The highest BCUT2D eigenvalue weighted by Crippen LogP contribution is 2.26. The fourth-order valence-corrected chi connectivity index (χ4v) is 4.76. The van der Waals surface area contributed by atoms with Crippen molar-refractivity contribution in [3.05, 3.63) is 33.3 Å². The van der Waals surface area contributed by atoms with E-state index in [0.29, 0.717) is 12.8 Å². The van der Waals surface area contributed by atoms with Crippen molar-refractivity contribution in [2.24, 2.45) is 17.8 Å². The van der Waals surface area contributed by atoms with Crippen LogP contribution in [-0.4, -0.2) is 34.1 Å². The van der Waals surface area contributed by atoms with Crippen LogP contribution in [0.25, 0.3) is 6.08 Å². The molecule has 178 valence electrons. The molecule has 0 amide bonds. The summed E-state index contributed by atoms with van der Waals surface area (Å²) in [6.45, 7) is 11.7. The van der Waals surface area contributed by atoms with Gasteiger partial charge in [0.15, 0.2) is 0 Å². The molecule has 1 unspecified atom stereocenters. The third-order valence-electron chi connectivity index (χ3n) is 6.52. The molecule has 2 rings (SSSR count). The van der Waals surface area contributed by atoms with Crippen molar-refractivity contribution in [3.63, 3.8) is 0 Å². The number of ether oxygens (including phenoxy) is 1. The van der Waals surface area contributed by atoms with E-state index in [1.165, 1.54) is 5.57 Å². The van der Waals surface area contributed by atoms with Crippen molar-refractivity contribution in [1.29, 1.82) is 0 Å². The molecule has 6 heteroatoms. The zero-order chi connectivity index (χ0) is 23.8. The fourth-order valence-electron chi connectivity index (χ4n) is 4.19. The van der Waals surface area contributed by atoms with Gasteiger partial charge in [0.25, 0.3) is 0 Å². The number of hydrogen-bond acceptors (Lipinski definition) is 6. The summed E-state index contributed by atoms with van der Waals surface area (Å²) in [5.74, 6) is -0.933. The SMILES string of the molecule is C/C1=C/CC(/C(C)=C/c2csc(C)n2)OC(=O)CC[C@@H](C)C(=O)[C@H](C)[C@@H](O)[C@@H](C)CCC1. The lowest BCUT2D eigenvalue weighted by atomic mass is 9.82. The Labute approximate surface area is 197 Å². The standard InChI is InChI=1S/C26H39NO4S/c1-16-8-7-9-17(2)25(29)20(5)26(30)18(3)11-13-24(28)31-23(12-10-16)19(4)14-22-15-32-21(6)27-22/h10,14-15,17-18,20,23,25,29H,7-9,11-13H2,1-6H3/b16-10-,19-14+/t17-,18+,20+,23?,25-/m0/s1. The number of aromatic nitrogens is 1. The van der Waals surface area contributed by atoms with Gasteiger partial charge in [0.2, 0.25) is 0 Å². The first kappa shape index (κ1) is 26.5. The maximum Gasteiger partial charge on any atom is 0.306 e. The lowest BCUT2D eigenvalue weighted by Crippen LogP contribution is -2.34. The minimum absolute atomic E-state index is 0.0202. The molecule has 1 aliphatic heterocycles. The van der Waals surface area contributed by atoms with Gasteiger partial charge in [-0.3, -0.25) is 9.59 Å². The van der Waals surface area contributed by atoms with E-state index >= 15 is 0 Å². The van der Waals surface area contributed by atoms with E-state index in [2.05, 4.69) is 18.0 Å². The molecule has 0 aromatic carbocycles. The highest BCUT2D eigenvalue weighted by molar-refractivity contribution is 7.09. The number of aryl methyl sites for hydroxylation is 1. The Kier molecular flexibility index (Phi) is 10.3. The number of carbonyl (C=O) groups is 2. The summed E-state index contributed by atoms with van der Waals surface area (Å²) in [5.41, 5.74) is 3.09. The second-order valence-corrected chi connectivity index (χ2v) is 10.5. The van der Waals surface area contributed by atoms with Gasteiger partial charge in [-0.25, -0.2) is 4.98 Å². The molecule has 1 N–H and O–H groups in total.